The van der Waals surface area contributed by atoms with Crippen LogP contribution in [0.5, 0.6) is 5.75 Å². The van der Waals surface area contributed by atoms with Crippen LogP contribution in [0.2, 0.25) is 0 Å². The Morgan fingerprint density at radius 1 is 1.18 bits per heavy atom. The fraction of sp³-hybridized carbons (Fsp3) is 0.391. The third-order valence-electron chi connectivity index (χ3n) is 5.14. The Morgan fingerprint density at radius 3 is 2.71 bits per heavy atom. The largest absolute Gasteiger partial charge is 0.496 e. The number of nitrogens with zero attached hydrogens (tertiary/aromatic N) is 2. The molecule has 0 fully saturated rings. The van der Waals surface area contributed by atoms with Crippen molar-refractivity contribution in [1.29, 1.82) is 0 Å². The summed E-state index contributed by atoms with van der Waals surface area (Å²) in [5.74, 6) is 2.18. The molecule has 0 aliphatic rings. The van der Waals surface area contributed by atoms with Crippen LogP contribution in [0.3, 0.4) is 0 Å². The van der Waals surface area contributed by atoms with Gasteiger partial charge in [0.05, 0.1) is 23.7 Å². The van der Waals surface area contributed by atoms with Crippen molar-refractivity contribution in [3.8, 4) is 5.75 Å². The number of aromatic nitrogens is 2. The second-order valence-corrected chi connectivity index (χ2v) is 7.20. The molecule has 0 saturated carbocycles. The van der Waals surface area contributed by atoms with Crippen LogP contribution in [0, 0.1) is 5.92 Å². The number of para-hydroxylation sites is 3. The van der Waals surface area contributed by atoms with Crippen molar-refractivity contribution in [2.75, 3.05) is 13.7 Å². The molecule has 0 aliphatic carbocycles. The Labute approximate surface area is 166 Å². The number of imidazole rings is 1. The first kappa shape index (κ1) is 19.9. The average Bonchev–Trinajstić information content (AvgIpc) is 3.08. The van der Waals surface area contributed by atoms with Gasteiger partial charge in [-0.3, -0.25) is 4.79 Å². The molecule has 5 heteroatoms. The zero-order valence-corrected chi connectivity index (χ0v) is 16.9. The van der Waals surface area contributed by atoms with Gasteiger partial charge < -0.3 is 14.6 Å². The van der Waals surface area contributed by atoms with E-state index in [9.17, 15) is 4.79 Å². The van der Waals surface area contributed by atoms with Gasteiger partial charge in [0.15, 0.2) is 0 Å². The van der Waals surface area contributed by atoms with Gasteiger partial charge in [-0.05, 0) is 36.6 Å². The van der Waals surface area contributed by atoms with E-state index in [-0.39, 0.29) is 5.91 Å². The number of aryl methyl sites for hydroxylation is 1. The number of fused-ring (bicyclic) bond motifs is 1. The lowest BCUT2D eigenvalue weighted by Gasteiger charge is -2.14. The van der Waals surface area contributed by atoms with Gasteiger partial charge in [0.25, 0.3) is 5.91 Å². The smallest absolute Gasteiger partial charge is 0.255 e. The number of carbonyl (C=O) groups excluding carboxylic acids is 1. The standard InChI is InChI=1S/C23H29N3O2/c1-4-17(2)16-26-20-12-7-6-11-19(20)25-22(26)14-9-15-24-23(27)18-10-5-8-13-21(18)28-3/h5-8,10-13,17H,4,9,14-16H2,1-3H3,(H,24,27). The molecule has 3 aromatic rings. The summed E-state index contributed by atoms with van der Waals surface area (Å²) in [5.41, 5.74) is 2.80. The molecule has 0 spiro atoms. The maximum atomic E-state index is 12.4. The van der Waals surface area contributed by atoms with Gasteiger partial charge in [-0.15, -0.1) is 0 Å². The Morgan fingerprint density at radius 2 is 1.93 bits per heavy atom. The second-order valence-electron chi connectivity index (χ2n) is 7.20. The molecule has 1 aromatic heterocycles. The second kappa shape index (κ2) is 9.40. The minimum atomic E-state index is -0.106. The highest BCUT2D eigenvalue weighted by molar-refractivity contribution is 5.96. The van der Waals surface area contributed by atoms with Crippen LogP contribution in [0.15, 0.2) is 48.5 Å². The van der Waals surface area contributed by atoms with Crippen molar-refractivity contribution >= 4 is 16.9 Å². The van der Waals surface area contributed by atoms with E-state index in [0.717, 1.165) is 37.1 Å². The number of rotatable bonds is 9. The number of nitrogens with one attached hydrogen (secondary N) is 1. The highest BCUT2D eigenvalue weighted by Gasteiger charge is 2.14. The molecule has 2 aromatic carbocycles. The summed E-state index contributed by atoms with van der Waals surface area (Å²) in [6, 6.07) is 15.6. The Hall–Kier alpha value is -2.82. The Kier molecular flexibility index (Phi) is 6.69. The molecule has 1 atom stereocenters. The molecular formula is C23H29N3O2. The lowest BCUT2D eigenvalue weighted by atomic mass is 10.1. The Bertz CT molecular complexity index is 932. The highest BCUT2D eigenvalue weighted by Crippen LogP contribution is 2.20. The maximum absolute atomic E-state index is 12.4. The molecule has 1 N–H and O–H groups in total. The lowest BCUT2D eigenvalue weighted by molar-refractivity contribution is 0.0950. The fourth-order valence-electron chi connectivity index (χ4n) is 3.34. The fourth-order valence-corrected chi connectivity index (χ4v) is 3.34. The van der Waals surface area contributed by atoms with Crippen LogP contribution < -0.4 is 10.1 Å². The van der Waals surface area contributed by atoms with Gasteiger partial charge in [0.1, 0.15) is 11.6 Å². The van der Waals surface area contributed by atoms with Gasteiger partial charge >= 0.3 is 0 Å². The topological polar surface area (TPSA) is 56.2 Å². The van der Waals surface area contributed by atoms with Crippen LogP contribution in [0.25, 0.3) is 11.0 Å². The Balaban J connectivity index is 1.64. The molecule has 0 radical (unpaired) electrons. The molecule has 0 saturated heterocycles. The summed E-state index contributed by atoms with van der Waals surface area (Å²) in [4.78, 5) is 17.2. The van der Waals surface area contributed by atoms with Crippen molar-refractivity contribution in [3.63, 3.8) is 0 Å². The molecule has 0 aliphatic heterocycles. The van der Waals surface area contributed by atoms with Gasteiger partial charge in [0, 0.05) is 19.5 Å². The SMILES string of the molecule is CCC(C)Cn1c(CCCNC(=O)c2ccccc2OC)nc2ccccc21. The van der Waals surface area contributed by atoms with Crippen molar-refractivity contribution in [1.82, 2.24) is 14.9 Å². The molecule has 148 valence electrons. The quantitative estimate of drug-likeness (QED) is 0.559. The van der Waals surface area contributed by atoms with Crippen LogP contribution >= 0.6 is 0 Å². The number of amides is 1. The molecule has 5 nitrogen and oxygen atoms in total. The summed E-state index contributed by atoms with van der Waals surface area (Å²) in [5, 5.41) is 2.99. The average molecular weight is 380 g/mol. The third kappa shape index (κ3) is 4.53. The van der Waals surface area contributed by atoms with Gasteiger partial charge in [-0.25, -0.2) is 4.98 Å². The van der Waals surface area contributed by atoms with Crippen molar-refractivity contribution in [3.05, 3.63) is 59.9 Å². The lowest BCUT2D eigenvalue weighted by Crippen LogP contribution is -2.25. The van der Waals surface area contributed by atoms with Crippen LogP contribution in [0.4, 0.5) is 0 Å². The van der Waals surface area contributed by atoms with E-state index in [0.29, 0.717) is 23.8 Å². The number of methoxy groups -OCH3 is 1. The summed E-state index contributed by atoms with van der Waals surface area (Å²) in [7, 11) is 1.58. The molecule has 1 unspecified atom stereocenters. The van der Waals surface area contributed by atoms with E-state index in [1.807, 2.05) is 18.2 Å². The summed E-state index contributed by atoms with van der Waals surface area (Å²) in [6.45, 7) is 6.06. The molecule has 1 heterocycles. The normalized spacial score (nSPS) is 12.1. The van der Waals surface area contributed by atoms with Crippen molar-refractivity contribution < 1.29 is 9.53 Å². The van der Waals surface area contributed by atoms with E-state index in [1.54, 1.807) is 19.2 Å². The molecular weight excluding hydrogens is 350 g/mol. The minimum absolute atomic E-state index is 0.106. The van der Waals surface area contributed by atoms with Gasteiger partial charge in [-0.2, -0.15) is 0 Å². The number of hydrogen-bond acceptors (Lipinski definition) is 3. The van der Waals surface area contributed by atoms with Crippen molar-refractivity contribution in [2.24, 2.45) is 5.92 Å². The van der Waals surface area contributed by atoms with Crippen molar-refractivity contribution in [2.45, 2.75) is 39.7 Å². The number of ether oxygens (including phenoxy) is 1. The molecule has 1 amide bonds. The zero-order valence-electron chi connectivity index (χ0n) is 16.9. The van der Waals surface area contributed by atoms with E-state index >= 15 is 0 Å². The third-order valence-corrected chi connectivity index (χ3v) is 5.14. The van der Waals surface area contributed by atoms with Crippen LogP contribution in [-0.4, -0.2) is 29.1 Å². The predicted molar refractivity (Wildman–Crippen MR) is 113 cm³/mol. The first-order chi connectivity index (χ1) is 13.6. The van der Waals surface area contributed by atoms with E-state index < -0.39 is 0 Å². The highest BCUT2D eigenvalue weighted by atomic mass is 16.5. The van der Waals surface area contributed by atoms with Crippen LogP contribution in [0.1, 0.15) is 42.9 Å². The number of carbonyl (C=O) groups is 1. The summed E-state index contributed by atoms with van der Waals surface area (Å²) < 4.78 is 7.60. The van der Waals surface area contributed by atoms with E-state index in [4.69, 9.17) is 9.72 Å². The minimum Gasteiger partial charge on any atom is -0.496 e. The zero-order chi connectivity index (χ0) is 19.9. The maximum Gasteiger partial charge on any atom is 0.255 e. The molecule has 28 heavy (non-hydrogen) atoms. The van der Waals surface area contributed by atoms with Gasteiger partial charge in [-0.1, -0.05) is 44.5 Å². The van der Waals surface area contributed by atoms with E-state index in [2.05, 4.69) is 41.9 Å². The first-order valence-electron chi connectivity index (χ1n) is 9.99. The van der Waals surface area contributed by atoms with E-state index in [1.165, 1.54) is 5.52 Å². The molecule has 0 bridgehead atoms. The van der Waals surface area contributed by atoms with Crippen LogP contribution in [-0.2, 0) is 13.0 Å². The number of hydrogen-bond donors (Lipinski definition) is 1. The van der Waals surface area contributed by atoms with Gasteiger partial charge in [0.2, 0.25) is 0 Å². The monoisotopic (exact) mass is 379 g/mol. The first-order valence-corrected chi connectivity index (χ1v) is 9.99. The summed E-state index contributed by atoms with van der Waals surface area (Å²) >= 11 is 0. The predicted octanol–water partition coefficient (Wildman–Crippen LogP) is 4.45. The summed E-state index contributed by atoms with van der Waals surface area (Å²) in [6.07, 6.45) is 2.81. The number of benzene rings is 2. The molecule has 3 rings (SSSR count).